The van der Waals surface area contributed by atoms with Crippen LogP contribution in [0.4, 0.5) is 0 Å². The molecule has 0 amide bonds. The van der Waals surface area contributed by atoms with Crippen molar-refractivity contribution in [3.8, 4) is 0 Å². The molecule has 0 unspecified atom stereocenters. The molecule has 2 saturated heterocycles. The highest BCUT2D eigenvalue weighted by Gasteiger charge is 2.57. The lowest BCUT2D eigenvalue weighted by Crippen LogP contribution is -2.59. The third-order valence-electron chi connectivity index (χ3n) is 3.09. The van der Waals surface area contributed by atoms with Gasteiger partial charge < -0.3 is 29.2 Å². The van der Waals surface area contributed by atoms with Gasteiger partial charge in [-0.25, -0.2) is 4.79 Å². The molecule has 0 aliphatic carbocycles. The van der Waals surface area contributed by atoms with Gasteiger partial charge in [-0.3, -0.25) is 0 Å². The van der Waals surface area contributed by atoms with Gasteiger partial charge in [0, 0.05) is 7.11 Å². The molecule has 2 aliphatic rings. The third-order valence-corrected chi connectivity index (χ3v) is 3.09. The standard InChI is InChI=1S/C11H18O7/c1-11(2)17-6(5(13)4-12)7-8(18-11)9(15-3)10(14)16-7/h5-9,12-13H,4H2,1-3H3/t5-,6-,7+,8-,9-/m1/s1. The molecule has 7 nitrogen and oxygen atoms in total. The highest BCUT2D eigenvalue weighted by Crippen LogP contribution is 2.36. The molecule has 5 atom stereocenters. The lowest BCUT2D eigenvalue weighted by molar-refractivity contribution is -0.341. The second-order valence-corrected chi connectivity index (χ2v) is 4.87. The molecular weight excluding hydrogens is 244 g/mol. The summed E-state index contributed by atoms with van der Waals surface area (Å²) >= 11 is 0. The van der Waals surface area contributed by atoms with E-state index in [-0.39, 0.29) is 0 Å². The van der Waals surface area contributed by atoms with Gasteiger partial charge in [0.05, 0.1) is 6.61 Å². The summed E-state index contributed by atoms with van der Waals surface area (Å²) in [6.45, 7) is 2.84. The Morgan fingerprint density at radius 3 is 2.61 bits per heavy atom. The van der Waals surface area contributed by atoms with Crippen molar-refractivity contribution < 1.29 is 34.0 Å². The van der Waals surface area contributed by atoms with E-state index < -0.39 is 48.9 Å². The number of fused-ring (bicyclic) bond motifs is 1. The predicted molar refractivity (Wildman–Crippen MR) is 57.6 cm³/mol. The number of aliphatic hydroxyl groups excluding tert-OH is 2. The van der Waals surface area contributed by atoms with Crippen LogP contribution >= 0.6 is 0 Å². The summed E-state index contributed by atoms with van der Waals surface area (Å²) in [5, 5.41) is 18.8. The van der Waals surface area contributed by atoms with Crippen LogP contribution in [0.25, 0.3) is 0 Å². The Hall–Kier alpha value is -0.730. The quantitative estimate of drug-likeness (QED) is 0.617. The van der Waals surface area contributed by atoms with Gasteiger partial charge in [0.1, 0.15) is 18.3 Å². The van der Waals surface area contributed by atoms with Gasteiger partial charge >= 0.3 is 5.97 Å². The normalized spacial score (nSPS) is 40.2. The molecule has 18 heavy (non-hydrogen) atoms. The molecule has 0 radical (unpaired) electrons. The lowest BCUT2D eigenvalue weighted by atomic mass is 9.99. The molecule has 0 bridgehead atoms. The third kappa shape index (κ3) is 2.24. The number of hydrogen-bond donors (Lipinski definition) is 2. The van der Waals surface area contributed by atoms with Crippen molar-refractivity contribution in [3.63, 3.8) is 0 Å². The smallest absolute Gasteiger partial charge is 0.338 e. The highest BCUT2D eigenvalue weighted by atomic mass is 16.8. The minimum atomic E-state index is -1.15. The first kappa shape index (κ1) is 13.7. The number of rotatable bonds is 3. The minimum absolute atomic E-state index is 0.487. The number of carbonyl (C=O) groups is 1. The Morgan fingerprint density at radius 2 is 2.06 bits per heavy atom. The van der Waals surface area contributed by atoms with Crippen LogP contribution < -0.4 is 0 Å². The Kier molecular flexibility index (Phi) is 3.61. The first-order chi connectivity index (χ1) is 8.39. The molecule has 2 heterocycles. The molecule has 2 rings (SSSR count). The van der Waals surface area contributed by atoms with E-state index in [1.54, 1.807) is 13.8 Å². The summed E-state index contributed by atoms with van der Waals surface area (Å²) in [6, 6.07) is 0. The van der Waals surface area contributed by atoms with Gasteiger partial charge in [0.2, 0.25) is 0 Å². The average Bonchev–Trinajstić information content (AvgIpc) is 2.61. The fourth-order valence-corrected chi connectivity index (χ4v) is 2.34. The van der Waals surface area contributed by atoms with Gasteiger partial charge in [0.25, 0.3) is 0 Å². The van der Waals surface area contributed by atoms with Crippen LogP contribution in [-0.2, 0) is 23.7 Å². The van der Waals surface area contributed by atoms with Crippen LogP contribution in [0.5, 0.6) is 0 Å². The first-order valence-corrected chi connectivity index (χ1v) is 5.77. The molecular formula is C11H18O7. The molecule has 104 valence electrons. The van der Waals surface area contributed by atoms with Crippen molar-refractivity contribution in [2.24, 2.45) is 0 Å². The number of methoxy groups -OCH3 is 1. The Balaban J connectivity index is 2.25. The maximum absolute atomic E-state index is 11.6. The Labute approximate surface area is 105 Å². The van der Waals surface area contributed by atoms with Crippen molar-refractivity contribution in [2.45, 2.75) is 50.2 Å². The van der Waals surface area contributed by atoms with E-state index in [0.717, 1.165) is 0 Å². The van der Waals surface area contributed by atoms with Crippen molar-refractivity contribution in [1.29, 1.82) is 0 Å². The van der Waals surface area contributed by atoms with Crippen molar-refractivity contribution >= 4 is 5.97 Å². The van der Waals surface area contributed by atoms with Gasteiger partial charge in [-0.1, -0.05) is 0 Å². The van der Waals surface area contributed by atoms with Gasteiger partial charge in [-0.05, 0) is 13.8 Å². The van der Waals surface area contributed by atoms with Crippen LogP contribution in [0.15, 0.2) is 0 Å². The maximum atomic E-state index is 11.6. The molecule has 0 saturated carbocycles. The summed E-state index contributed by atoms with van der Waals surface area (Å²) in [6.07, 6.45) is -4.27. The highest BCUT2D eigenvalue weighted by molar-refractivity contribution is 5.78. The van der Waals surface area contributed by atoms with Crippen LogP contribution in [0.1, 0.15) is 13.8 Å². The second-order valence-electron chi connectivity index (χ2n) is 4.87. The van der Waals surface area contributed by atoms with E-state index >= 15 is 0 Å². The zero-order valence-electron chi connectivity index (χ0n) is 10.5. The van der Waals surface area contributed by atoms with Crippen molar-refractivity contribution in [2.75, 3.05) is 13.7 Å². The molecule has 2 N–H and O–H groups in total. The zero-order valence-corrected chi connectivity index (χ0v) is 10.5. The van der Waals surface area contributed by atoms with Crippen LogP contribution in [-0.4, -0.2) is 66.2 Å². The molecule has 0 aromatic rings. The monoisotopic (exact) mass is 262 g/mol. The zero-order chi connectivity index (χ0) is 13.5. The van der Waals surface area contributed by atoms with Crippen LogP contribution in [0.2, 0.25) is 0 Å². The number of ether oxygens (including phenoxy) is 4. The number of carbonyl (C=O) groups excluding carboxylic acids is 1. The minimum Gasteiger partial charge on any atom is -0.455 e. The second kappa shape index (κ2) is 4.75. The Morgan fingerprint density at radius 1 is 1.39 bits per heavy atom. The number of aliphatic hydroxyl groups is 2. The molecule has 0 aromatic heterocycles. The predicted octanol–water partition coefficient (Wildman–Crippen LogP) is -1.20. The topological polar surface area (TPSA) is 94.5 Å². The summed E-state index contributed by atoms with van der Waals surface area (Å²) in [5.74, 6) is -1.55. The molecule has 0 aromatic carbocycles. The number of esters is 1. The SMILES string of the molecule is CO[C@H]1C(=O)O[C@@H]2[C@H]1OC(C)(C)O[C@@H]2[C@H](O)CO. The average molecular weight is 262 g/mol. The lowest BCUT2D eigenvalue weighted by Gasteiger charge is -2.43. The van der Waals surface area contributed by atoms with E-state index in [1.807, 2.05) is 0 Å². The van der Waals surface area contributed by atoms with Crippen LogP contribution in [0, 0.1) is 0 Å². The molecule has 7 heteroatoms. The van der Waals surface area contributed by atoms with Gasteiger partial charge in [-0.2, -0.15) is 0 Å². The van der Waals surface area contributed by atoms with E-state index in [0.29, 0.717) is 0 Å². The van der Waals surface area contributed by atoms with Crippen LogP contribution in [0.3, 0.4) is 0 Å². The van der Waals surface area contributed by atoms with Gasteiger partial charge in [-0.15, -0.1) is 0 Å². The first-order valence-electron chi connectivity index (χ1n) is 5.77. The fraction of sp³-hybridized carbons (Fsp3) is 0.909. The largest absolute Gasteiger partial charge is 0.455 e. The van der Waals surface area contributed by atoms with Gasteiger partial charge in [0.15, 0.2) is 18.0 Å². The summed E-state index contributed by atoms with van der Waals surface area (Å²) in [5.41, 5.74) is 0. The summed E-state index contributed by atoms with van der Waals surface area (Å²) < 4.78 is 21.3. The molecule has 2 fully saturated rings. The maximum Gasteiger partial charge on any atom is 0.338 e. The van der Waals surface area contributed by atoms with E-state index in [1.165, 1.54) is 7.11 Å². The Bertz CT molecular complexity index is 329. The fourth-order valence-electron chi connectivity index (χ4n) is 2.34. The van der Waals surface area contributed by atoms with E-state index in [9.17, 15) is 9.90 Å². The summed E-state index contributed by atoms with van der Waals surface area (Å²) in [7, 11) is 1.39. The summed E-state index contributed by atoms with van der Waals surface area (Å²) in [4.78, 5) is 11.6. The van der Waals surface area contributed by atoms with E-state index in [4.69, 9.17) is 24.1 Å². The van der Waals surface area contributed by atoms with E-state index in [2.05, 4.69) is 0 Å². The molecule has 0 spiro atoms. The van der Waals surface area contributed by atoms with Crippen molar-refractivity contribution in [3.05, 3.63) is 0 Å². The van der Waals surface area contributed by atoms with Crippen molar-refractivity contribution in [1.82, 2.24) is 0 Å². The molecule has 2 aliphatic heterocycles. The number of hydrogen-bond acceptors (Lipinski definition) is 7.